The Morgan fingerprint density at radius 3 is 2.39 bits per heavy atom. The van der Waals surface area contributed by atoms with Crippen molar-refractivity contribution in [3.63, 3.8) is 0 Å². The molecule has 0 spiro atoms. The third-order valence-electron chi connectivity index (χ3n) is 9.53. The van der Waals surface area contributed by atoms with Gasteiger partial charge in [-0.1, -0.05) is 77.1 Å². The summed E-state index contributed by atoms with van der Waals surface area (Å²) in [6.45, 7) is 18.8. The number of rotatable bonds is 15. The number of hydrogen-bond acceptors (Lipinski definition) is 11. The van der Waals surface area contributed by atoms with Gasteiger partial charge in [0.05, 0.1) is 0 Å². The summed E-state index contributed by atoms with van der Waals surface area (Å²) >= 11 is 0. The first kappa shape index (κ1) is 38.7. The minimum atomic E-state index is -2.28. The monoisotopic (exact) mass is 686 g/mol. The van der Waals surface area contributed by atoms with Crippen molar-refractivity contribution in [2.75, 3.05) is 0 Å². The van der Waals surface area contributed by atoms with E-state index in [1.165, 1.54) is 13.0 Å². The van der Waals surface area contributed by atoms with E-state index in [0.29, 0.717) is 17.9 Å². The number of fused-ring (bicyclic) bond motifs is 2. The summed E-state index contributed by atoms with van der Waals surface area (Å²) in [5, 5.41) is 22.5. The zero-order chi connectivity index (χ0) is 36.3. The molecule has 3 aliphatic rings. The molecule has 0 aliphatic carbocycles. The fraction of sp³-hybridized carbons (Fsp3) is 0.658. The highest BCUT2D eigenvalue weighted by Crippen LogP contribution is 2.56. The predicted octanol–water partition coefficient (Wildman–Crippen LogP) is 4.96. The maximum atomic E-state index is 14.0. The van der Waals surface area contributed by atoms with E-state index in [4.69, 9.17) is 28.4 Å². The molecular weight excluding hydrogens is 632 g/mol. The van der Waals surface area contributed by atoms with Gasteiger partial charge in [0.1, 0.15) is 23.9 Å². The van der Waals surface area contributed by atoms with Gasteiger partial charge < -0.3 is 38.6 Å². The predicted molar refractivity (Wildman–Crippen MR) is 180 cm³/mol. The van der Waals surface area contributed by atoms with Crippen molar-refractivity contribution in [3.8, 4) is 0 Å². The molecule has 11 heteroatoms. The van der Waals surface area contributed by atoms with Gasteiger partial charge in [-0.3, -0.25) is 4.79 Å². The van der Waals surface area contributed by atoms with E-state index in [9.17, 15) is 24.6 Å². The molecule has 3 bridgehead atoms. The maximum absolute atomic E-state index is 14.0. The molecule has 0 aromatic heterocycles. The van der Waals surface area contributed by atoms with E-state index in [1.807, 2.05) is 44.2 Å². The van der Waals surface area contributed by atoms with E-state index in [-0.39, 0.29) is 24.7 Å². The zero-order valence-electron chi connectivity index (χ0n) is 30.0. The zero-order valence-corrected chi connectivity index (χ0v) is 30.0. The van der Waals surface area contributed by atoms with Crippen molar-refractivity contribution >= 4 is 17.9 Å². The van der Waals surface area contributed by atoms with Gasteiger partial charge in [-0.25, -0.2) is 9.59 Å². The van der Waals surface area contributed by atoms with E-state index < -0.39 is 71.7 Å². The lowest BCUT2D eigenvalue weighted by molar-refractivity contribution is -0.426. The Labute approximate surface area is 289 Å². The molecule has 1 aromatic carbocycles. The van der Waals surface area contributed by atoms with Gasteiger partial charge in [0.25, 0.3) is 0 Å². The number of carbonyl (C=O) groups excluding carboxylic acids is 3. The standard InChI is InChI=1S/C38H54O11/c1-10-22(2)20-23(3)16-17-28(40)45-33-32-37(19-18-24(4)29(44-26(6)39)25(5)21-27-14-12-11-13-15-27)47-30(34(42)46-32)31(41)38(33,49-37)35(43)48-36(7,8)9/h11-17,22-23,25,29-34,41-42H,4,10,18-21H2,1-3,5-9H3/b17-16+/t22?,23?,25?,29?,30-,31-,32-,33-,34?,37+,38+/m1/s1. The topological polar surface area (TPSA) is 147 Å². The van der Waals surface area contributed by atoms with Gasteiger partial charge in [0, 0.05) is 25.3 Å². The first-order valence-electron chi connectivity index (χ1n) is 17.3. The van der Waals surface area contributed by atoms with Crippen molar-refractivity contribution in [2.24, 2.45) is 17.8 Å². The molecular formula is C38H54O11. The molecule has 4 rings (SSSR count). The van der Waals surface area contributed by atoms with Crippen LogP contribution in [0.2, 0.25) is 0 Å². The average molecular weight is 687 g/mol. The number of benzene rings is 1. The van der Waals surface area contributed by atoms with Gasteiger partial charge in [0.15, 0.2) is 18.5 Å². The average Bonchev–Trinajstić information content (AvgIpc) is 3.22. The van der Waals surface area contributed by atoms with Crippen molar-refractivity contribution in [3.05, 3.63) is 60.2 Å². The minimum absolute atomic E-state index is 0.00262. The van der Waals surface area contributed by atoms with Crippen LogP contribution in [0.15, 0.2) is 54.6 Å². The van der Waals surface area contributed by atoms with Crippen LogP contribution in [0.1, 0.15) is 86.6 Å². The van der Waals surface area contributed by atoms with E-state index in [0.717, 1.165) is 18.4 Å². The smallest absolute Gasteiger partial charge is 0.346 e. The van der Waals surface area contributed by atoms with E-state index >= 15 is 0 Å². The van der Waals surface area contributed by atoms with Gasteiger partial charge in [-0.15, -0.1) is 0 Å². The second kappa shape index (κ2) is 15.4. The van der Waals surface area contributed by atoms with Gasteiger partial charge in [-0.05, 0) is 63.0 Å². The Morgan fingerprint density at radius 1 is 1.10 bits per heavy atom. The Balaban J connectivity index is 1.64. The Morgan fingerprint density at radius 2 is 1.78 bits per heavy atom. The summed E-state index contributed by atoms with van der Waals surface area (Å²) in [6, 6.07) is 9.80. The molecule has 2 N–H and O–H groups in total. The summed E-state index contributed by atoms with van der Waals surface area (Å²) in [5.74, 6) is -3.59. The van der Waals surface area contributed by atoms with Crippen LogP contribution in [-0.4, -0.2) is 81.9 Å². The first-order chi connectivity index (χ1) is 22.9. The summed E-state index contributed by atoms with van der Waals surface area (Å²) in [7, 11) is 0. The quantitative estimate of drug-likeness (QED) is 0.112. The molecule has 3 aliphatic heterocycles. The van der Waals surface area contributed by atoms with Gasteiger partial charge >= 0.3 is 17.9 Å². The number of allylic oxidation sites excluding steroid dienone is 1. The molecule has 0 amide bonds. The van der Waals surface area contributed by atoms with Crippen molar-refractivity contribution in [1.29, 1.82) is 0 Å². The van der Waals surface area contributed by atoms with Crippen LogP contribution in [0.5, 0.6) is 0 Å². The van der Waals surface area contributed by atoms with Crippen LogP contribution in [0, 0.1) is 17.8 Å². The third kappa shape index (κ3) is 8.63. The number of ether oxygens (including phenoxy) is 6. The second-order valence-corrected chi connectivity index (χ2v) is 15.0. The third-order valence-corrected chi connectivity index (χ3v) is 9.53. The Kier molecular flexibility index (Phi) is 12.2. The number of carbonyl (C=O) groups is 3. The minimum Gasteiger partial charge on any atom is -0.458 e. The highest BCUT2D eigenvalue weighted by Gasteiger charge is 2.81. The van der Waals surface area contributed by atoms with Crippen LogP contribution in [-0.2, 0) is 49.2 Å². The molecule has 272 valence electrons. The fourth-order valence-electron chi connectivity index (χ4n) is 7.01. The van der Waals surface area contributed by atoms with Gasteiger partial charge in [-0.2, -0.15) is 0 Å². The molecule has 3 heterocycles. The summed E-state index contributed by atoms with van der Waals surface area (Å²) in [5.41, 5.74) is -1.65. The highest BCUT2D eigenvalue weighted by atomic mass is 16.8. The first-order valence-corrected chi connectivity index (χ1v) is 17.3. The molecule has 11 atom stereocenters. The molecule has 3 saturated heterocycles. The normalized spacial score (nSPS) is 31.5. The molecule has 49 heavy (non-hydrogen) atoms. The second-order valence-electron chi connectivity index (χ2n) is 15.0. The fourth-order valence-corrected chi connectivity index (χ4v) is 7.01. The molecule has 5 unspecified atom stereocenters. The summed E-state index contributed by atoms with van der Waals surface area (Å²) < 4.78 is 36.0. The molecule has 0 radical (unpaired) electrons. The van der Waals surface area contributed by atoms with Crippen LogP contribution in [0.3, 0.4) is 0 Å². The summed E-state index contributed by atoms with van der Waals surface area (Å²) in [4.78, 5) is 39.5. The lowest BCUT2D eigenvalue weighted by Crippen LogP contribution is -2.69. The Hall–Kier alpha value is -3.09. The van der Waals surface area contributed by atoms with Crippen molar-refractivity contribution in [2.45, 2.75) is 141 Å². The van der Waals surface area contributed by atoms with Crippen molar-refractivity contribution < 1.29 is 53.0 Å². The number of aliphatic hydroxyl groups is 2. The highest BCUT2D eigenvalue weighted by molar-refractivity contribution is 5.86. The lowest BCUT2D eigenvalue weighted by atomic mass is 9.86. The van der Waals surface area contributed by atoms with Crippen LogP contribution < -0.4 is 0 Å². The SMILES string of the molecule is C=C(CC[C@@]12O[C@H]3C(O)O[C@@H]1[C@@H](OC(=O)/C=C/C(C)CC(C)CC)[C@@](C(=O)OC(C)(C)C)(O2)[C@@H]3O)C(OC(C)=O)C(C)Cc1ccccc1. The van der Waals surface area contributed by atoms with Crippen molar-refractivity contribution in [1.82, 2.24) is 0 Å². The van der Waals surface area contributed by atoms with Crippen LogP contribution in [0.4, 0.5) is 0 Å². The number of hydrogen-bond donors (Lipinski definition) is 2. The molecule has 0 saturated carbocycles. The largest absolute Gasteiger partial charge is 0.458 e. The molecule has 11 nitrogen and oxygen atoms in total. The maximum Gasteiger partial charge on any atom is 0.346 e. The Bertz CT molecular complexity index is 1370. The van der Waals surface area contributed by atoms with Crippen LogP contribution >= 0.6 is 0 Å². The number of esters is 3. The van der Waals surface area contributed by atoms with E-state index in [2.05, 4.69) is 20.4 Å². The number of aliphatic hydroxyl groups excluding tert-OH is 2. The molecule has 1 aromatic rings. The molecule has 3 fully saturated rings. The van der Waals surface area contributed by atoms with Crippen LogP contribution in [0.25, 0.3) is 0 Å². The van der Waals surface area contributed by atoms with E-state index in [1.54, 1.807) is 26.8 Å². The summed E-state index contributed by atoms with van der Waals surface area (Å²) in [6.07, 6.45) is -2.75. The lowest BCUT2D eigenvalue weighted by Gasteiger charge is -2.50. The van der Waals surface area contributed by atoms with Gasteiger partial charge in [0.2, 0.25) is 11.4 Å².